The molecule has 1 aliphatic rings. The van der Waals surface area contributed by atoms with Crippen LogP contribution in [0.25, 0.3) is 0 Å². The summed E-state index contributed by atoms with van der Waals surface area (Å²) in [6, 6.07) is 6.60. The van der Waals surface area contributed by atoms with E-state index in [4.69, 9.17) is 9.47 Å². The number of rotatable bonds is 5. The highest BCUT2D eigenvalue weighted by Crippen LogP contribution is 2.36. The molecule has 2 rings (SSSR count). The Morgan fingerprint density at radius 2 is 2.20 bits per heavy atom. The van der Waals surface area contributed by atoms with Crippen molar-refractivity contribution in [2.75, 3.05) is 11.9 Å². The van der Waals surface area contributed by atoms with Gasteiger partial charge in [0.2, 0.25) is 0 Å². The fourth-order valence-corrected chi connectivity index (χ4v) is 3.37. The van der Waals surface area contributed by atoms with Gasteiger partial charge in [-0.15, -0.1) is 0 Å². The molecule has 25 heavy (non-hydrogen) atoms. The second kappa shape index (κ2) is 8.13. The Morgan fingerprint density at radius 1 is 1.44 bits per heavy atom. The summed E-state index contributed by atoms with van der Waals surface area (Å²) in [7, 11) is 0. The minimum absolute atomic E-state index is 0.179. The Bertz CT molecular complexity index is 691. The molecule has 0 saturated heterocycles. The van der Waals surface area contributed by atoms with Gasteiger partial charge in [0.1, 0.15) is 17.4 Å². The first-order valence-electron chi connectivity index (χ1n) is 8.58. The lowest BCUT2D eigenvalue weighted by atomic mass is 9.78. The number of nitriles is 1. The molecule has 1 aliphatic carbocycles. The Balaban J connectivity index is 2.21. The number of nitrogens with one attached hydrogen (secondary N) is 1. The van der Waals surface area contributed by atoms with Crippen LogP contribution in [0.3, 0.4) is 0 Å². The molecule has 1 aromatic rings. The Morgan fingerprint density at radius 3 is 2.80 bits per heavy atom. The molecule has 0 radical (unpaired) electrons. The van der Waals surface area contributed by atoms with Gasteiger partial charge in [-0.3, -0.25) is 9.59 Å². The monoisotopic (exact) mass is 344 g/mol. The van der Waals surface area contributed by atoms with Crippen LogP contribution in [0, 0.1) is 17.2 Å². The third-order valence-electron chi connectivity index (χ3n) is 4.40. The van der Waals surface area contributed by atoms with Gasteiger partial charge in [0, 0.05) is 19.2 Å². The zero-order valence-corrected chi connectivity index (χ0v) is 14.9. The molecule has 134 valence electrons. The van der Waals surface area contributed by atoms with Crippen molar-refractivity contribution >= 4 is 17.6 Å². The highest BCUT2D eigenvalue weighted by atomic mass is 16.5. The summed E-state index contributed by atoms with van der Waals surface area (Å²) >= 11 is 0. The summed E-state index contributed by atoms with van der Waals surface area (Å²) in [5.74, 6) is -0.0873. The molecule has 6 heteroatoms. The van der Waals surface area contributed by atoms with E-state index in [0.717, 1.165) is 12.8 Å². The van der Waals surface area contributed by atoms with E-state index in [2.05, 4.69) is 12.2 Å². The van der Waals surface area contributed by atoms with Gasteiger partial charge in [0.15, 0.2) is 0 Å². The fraction of sp³-hybridized carbons (Fsp3) is 0.526. The molecule has 1 fully saturated rings. The summed E-state index contributed by atoms with van der Waals surface area (Å²) < 4.78 is 10.8. The van der Waals surface area contributed by atoms with Crippen LogP contribution in [0.15, 0.2) is 18.2 Å². The molecule has 1 amide bonds. The van der Waals surface area contributed by atoms with Gasteiger partial charge < -0.3 is 14.8 Å². The SMILES string of the molecule is CCO[C@]1(C(=O)Nc2ccc(OC(C)=O)c(C#N)c2)CCC[C@@H](C)C1. The number of benzene rings is 1. The maximum atomic E-state index is 12.9. The van der Waals surface area contributed by atoms with E-state index < -0.39 is 11.6 Å². The highest BCUT2D eigenvalue weighted by molar-refractivity contribution is 5.97. The number of hydrogen-bond acceptors (Lipinski definition) is 5. The van der Waals surface area contributed by atoms with Crippen LogP contribution in [-0.2, 0) is 14.3 Å². The topological polar surface area (TPSA) is 88.4 Å². The molecular formula is C19H24N2O4. The molecule has 6 nitrogen and oxygen atoms in total. The van der Waals surface area contributed by atoms with E-state index >= 15 is 0 Å². The van der Waals surface area contributed by atoms with Crippen molar-refractivity contribution in [2.45, 2.75) is 52.1 Å². The lowest BCUT2D eigenvalue weighted by molar-refractivity contribution is -0.147. The standard InChI is InChI=1S/C19H24N2O4/c1-4-24-19(9-5-6-13(2)11-19)18(23)21-16-7-8-17(25-14(3)22)15(10-16)12-20/h7-8,10,13H,4-6,9,11H2,1-3H3,(H,21,23)/t13-,19-/m1/s1. The number of carbonyl (C=O) groups excluding carboxylic acids is 2. The Hall–Kier alpha value is -2.39. The number of hydrogen-bond donors (Lipinski definition) is 1. The Labute approximate surface area is 148 Å². The average molecular weight is 344 g/mol. The van der Waals surface area contributed by atoms with E-state index in [1.54, 1.807) is 6.07 Å². The Kier molecular flexibility index (Phi) is 6.16. The molecule has 0 unspecified atom stereocenters. The first-order chi connectivity index (χ1) is 11.9. The molecule has 1 aromatic carbocycles. The molecule has 0 spiro atoms. The first-order valence-corrected chi connectivity index (χ1v) is 8.58. The number of anilines is 1. The fourth-order valence-electron chi connectivity index (χ4n) is 3.37. The van der Waals surface area contributed by atoms with Crippen molar-refractivity contribution in [1.82, 2.24) is 0 Å². The van der Waals surface area contributed by atoms with Crippen LogP contribution in [0.1, 0.15) is 52.0 Å². The second-order valence-electron chi connectivity index (χ2n) is 6.50. The lowest BCUT2D eigenvalue weighted by Gasteiger charge is -2.38. The van der Waals surface area contributed by atoms with Crippen molar-refractivity contribution < 1.29 is 19.1 Å². The number of amides is 1. The minimum atomic E-state index is -0.826. The largest absolute Gasteiger partial charge is 0.425 e. The predicted octanol–water partition coefficient (Wildman–Crippen LogP) is 3.41. The van der Waals surface area contributed by atoms with Gasteiger partial charge in [-0.05, 0) is 50.3 Å². The quantitative estimate of drug-likeness (QED) is 0.653. The van der Waals surface area contributed by atoms with Gasteiger partial charge in [0.05, 0.1) is 5.56 Å². The van der Waals surface area contributed by atoms with Crippen molar-refractivity contribution in [3.8, 4) is 11.8 Å². The summed E-state index contributed by atoms with van der Waals surface area (Å²) in [6.45, 7) is 5.75. The third kappa shape index (κ3) is 4.58. The van der Waals surface area contributed by atoms with E-state index in [9.17, 15) is 14.9 Å². The maximum absolute atomic E-state index is 12.9. The molecule has 0 heterocycles. The van der Waals surface area contributed by atoms with Crippen LogP contribution in [-0.4, -0.2) is 24.1 Å². The molecule has 0 aliphatic heterocycles. The third-order valence-corrected chi connectivity index (χ3v) is 4.40. The second-order valence-corrected chi connectivity index (χ2v) is 6.50. The van der Waals surface area contributed by atoms with E-state index in [0.29, 0.717) is 31.1 Å². The van der Waals surface area contributed by atoms with Gasteiger partial charge in [-0.2, -0.15) is 5.26 Å². The minimum Gasteiger partial charge on any atom is -0.425 e. The molecule has 2 atom stereocenters. The summed E-state index contributed by atoms with van der Waals surface area (Å²) in [4.78, 5) is 24.0. The predicted molar refractivity (Wildman–Crippen MR) is 93.1 cm³/mol. The van der Waals surface area contributed by atoms with Crippen molar-refractivity contribution in [1.29, 1.82) is 5.26 Å². The number of ether oxygens (including phenoxy) is 2. The molecule has 1 N–H and O–H groups in total. The molecular weight excluding hydrogens is 320 g/mol. The van der Waals surface area contributed by atoms with Crippen molar-refractivity contribution in [3.05, 3.63) is 23.8 Å². The average Bonchev–Trinajstić information content (AvgIpc) is 2.56. The number of esters is 1. The van der Waals surface area contributed by atoms with Crippen molar-refractivity contribution in [2.24, 2.45) is 5.92 Å². The van der Waals surface area contributed by atoms with Gasteiger partial charge in [-0.25, -0.2) is 0 Å². The lowest BCUT2D eigenvalue weighted by Crippen LogP contribution is -2.48. The van der Waals surface area contributed by atoms with E-state index in [-0.39, 0.29) is 17.2 Å². The van der Waals surface area contributed by atoms with Crippen LogP contribution in [0.5, 0.6) is 5.75 Å². The maximum Gasteiger partial charge on any atom is 0.308 e. The van der Waals surface area contributed by atoms with Gasteiger partial charge >= 0.3 is 5.97 Å². The van der Waals surface area contributed by atoms with Crippen LogP contribution < -0.4 is 10.1 Å². The van der Waals surface area contributed by atoms with Crippen molar-refractivity contribution in [3.63, 3.8) is 0 Å². The van der Waals surface area contributed by atoms with Gasteiger partial charge in [-0.1, -0.05) is 13.3 Å². The molecule has 0 bridgehead atoms. The normalized spacial score (nSPS) is 22.7. The summed E-state index contributed by atoms with van der Waals surface area (Å²) in [6.07, 6.45) is 3.41. The zero-order valence-electron chi connectivity index (χ0n) is 14.9. The summed E-state index contributed by atoms with van der Waals surface area (Å²) in [5.41, 5.74) is -0.154. The number of nitrogens with zero attached hydrogens (tertiary/aromatic N) is 1. The summed E-state index contributed by atoms with van der Waals surface area (Å²) in [5, 5.41) is 12.1. The van der Waals surface area contributed by atoms with Crippen LogP contribution in [0.2, 0.25) is 0 Å². The van der Waals surface area contributed by atoms with Crippen LogP contribution >= 0.6 is 0 Å². The van der Waals surface area contributed by atoms with Gasteiger partial charge in [0.25, 0.3) is 5.91 Å². The molecule has 0 aromatic heterocycles. The molecule has 1 saturated carbocycles. The highest BCUT2D eigenvalue weighted by Gasteiger charge is 2.42. The number of carbonyl (C=O) groups is 2. The van der Waals surface area contributed by atoms with E-state index in [1.807, 2.05) is 13.0 Å². The smallest absolute Gasteiger partial charge is 0.308 e. The van der Waals surface area contributed by atoms with E-state index in [1.165, 1.54) is 19.1 Å². The zero-order chi connectivity index (χ0) is 18.4. The van der Waals surface area contributed by atoms with Crippen LogP contribution in [0.4, 0.5) is 5.69 Å². The first kappa shape index (κ1) is 18.9.